The van der Waals surface area contributed by atoms with Crippen molar-refractivity contribution < 1.29 is 14.3 Å². The molecule has 1 amide bonds. The Hall–Kier alpha value is -2.49. The number of hydrogen-bond acceptors (Lipinski definition) is 3. The van der Waals surface area contributed by atoms with Crippen LogP contribution in [0.15, 0.2) is 48.5 Å². The first kappa shape index (κ1) is 18.8. The summed E-state index contributed by atoms with van der Waals surface area (Å²) in [5, 5.41) is 2.90. The van der Waals surface area contributed by atoms with Crippen LogP contribution in [0.3, 0.4) is 0 Å². The Morgan fingerprint density at radius 1 is 1.04 bits per heavy atom. The van der Waals surface area contributed by atoms with Gasteiger partial charge in [-0.1, -0.05) is 26.8 Å². The molecule has 0 bridgehead atoms. The van der Waals surface area contributed by atoms with E-state index < -0.39 is 0 Å². The average molecular weight is 341 g/mol. The SMILES string of the molecule is CCC(C)Oc1ccc(C(=O)Nc2cccc(OCC(C)C)c2)cc1. The summed E-state index contributed by atoms with van der Waals surface area (Å²) in [4.78, 5) is 12.4. The Labute approximate surface area is 150 Å². The summed E-state index contributed by atoms with van der Waals surface area (Å²) < 4.78 is 11.4. The van der Waals surface area contributed by atoms with Gasteiger partial charge in [0.05, 0.1) is 12.7 Å². The fraction of sp³-hybridized carbons (Fsp3) is 0.381. The first-order valence-corrected chi connectivity index (χ1v) is 8.79. The Kier molecular flexibility index (Phi) is 6.87. The minimum atomic E-state index is -0.156. The van der Waals surface area contributed by atoms with Crippen molar-refractivity contribution in [2.45, 2.75) is 40.2 Å². The molecule has 0 saturated carbocycles. The molecule has 0 heterocycles. The number of ether oxygens (including phenoxy) is 2. The Balaban J connectivity index is 1.98. The lowest BCUT2D eigenvalue weighted by atomic mass is 10.2. The van der Waals surface area contributed by atoms with Crippen LogP contribution in [0.2, 0.25) is 0 Å². The van der Waals surface area contributed by atoms with Crippen LogP contribution < -0.4 is 14.8 Å². The maximum Gasteiger partial charge on any atom is 0.255 e. The van der Waals surface area contributed by atoms with Crippen LogP contribution in [0, 0.1) is 5.92 Å². The quantitative estimate of drug-likeness (QED) is 0.722. The van der Waals surface area contributed by atoms with Crippen molar-refractivity contribution in [3.63, 3.8) is 0 Å². The van der Waals surface area contributed by atoms with Crippen LogP contribution in [0.5, 0.6) is 11.5 Å². The fourth-order valence-electron chi connectivity index (χ4n) is 2.13. The van der Waals surface area contributed by atoms with E-state index in [2.05, 4.69) is 26.1 Å². The standard InChI is InChI=1S/C21H27NO3/c1-5-16(4)25-19-11-9-17(10-12-19)21(23)22-18-7-6-8-20(13-18)24-14-15(2)3/h6-13,15-16H,5,14H2,1-4H3,(H,22,23). The molecule has 0 spiro atoms. The van der Waals surface area contributed by atoms with Gasteiger partial charge in [0.25, 0.3) is 5.91 Å². The largest absolute Gasteiger partial charge is 0.493 e. The average Bonchev–Trinajstić information content (AvgIpc) is 2.60. The lowest BCUT2D eigenvalue weighted by molar-refractivity contribution is 0.102. The predicted octanol–water partition coefficient (Wildman–Crippen LogP) is 5.15. The molecule has 0 aromatic heterocycles. The summed E-state index contributed by atoms with van der Waals surface area (Å²) in [6.45, 7) is 8.94. The molecule has 4 heteroatoms. The zero-order chi connectivity index (χ0) is 18.2. The van der Waals surface area contributed by atoms with Crippen LogP contribution in [0.4, 0.5) is 5.69 Å². The van der Waals surface area contributed by atoms with Crippen molar-refractivity contribution in [1.82, 2.24) is 0 Å². The fourth-order valence-corrected chi connectivity index (χ4v) is 2.13. The van der Waals surface area contributed by atoms with E-state index >= 15 is 0 Å². The predicted molar refractivity (Wildman–Crippen MR) is 102 cm³/mol. The highest BCUT2D eigenvalue weighted by atomic mass is 16.5. The second-order valence-corrected chi connectivity index (χ2v) is 6.55. The van der Waals surface area contributed by atoms with Crippen LogP contribution >= 0.6 is 0 Å². The number of rotatable bonds is 8. The van der Waals surface area contributed by atoms with Crippen LogP contribution in [0.1, 0.15) is 44.5 Å². The van der Waals surface area contributed by atoms with Crippen molar-refractivity contribution in [1.29, 1.82) is 0 Å². The van der Waals surface area contributed by atoms with E-state index in [1.807, 2.05) is 43.3 Å². The molecule has 1 N–H and O–H groups in total. The van der Waals surface area contributed by atoms with E-state index in [0.717, 1.165) is 17.9 Å². The highest BCUT2D eigenvalue weighted by Crippen LogP contribution is 2.20. The second kappa shape index (κ2) is 9.11. The molecule has 0 aliphatic heterocycles. The normalized spacial score (nSPS) is 11.9. The summed E-state index contributed by atoms with van der Waals surface area (Å²) in [5.41, 5.74) is 1.30. The molecule has 0 aliphatic carbocycles. The third-order valence-corrected chi connectivity index (χ3v) is 3.70. The third kappa shape index (κ3) is 6.14. The van der Waals surface area contributed by atoms with Crippen molar-refractivity contribution >= 4 is 11.6 Å². The van der Waals surface area contributed by atoms with Gasteiger partial charge < -0.3 is 14.8 Å². The number of nitrogens with one attached hydrogen (secondary N) is 1. The molecule has 0 saturated heterocycles. The number of benzene rings is 2. The molecule has 134 valence electrons. The first-order chi connectivity index (χ1) is 12.0. The number of carbonyl (C=O) groups is 1. The second-order valence-electron chi connectivity index (χ2n) is 6.55. The van der Waals surface area contributed by atoms with Gasteiger partial charge in [-0.3, -0.25) is 4.79 Å². The molecule has 0 fully saturated rings. The Morgan fingerprint density at radius 2 is 1.76 bits per heavy atom. The number of carbonyl (C=O) groups excluding carboxylic acids is 1. The third-order valence-electron chi connectivity index (χ3n) is 3.70. The summed E-state index contributed by atoms with van der Waals surface area (Å²) in [6.07, 6.45) is 1.10. The molecule has 4 nitrogen and oxygen atoms in total. The van der Waals surface area contributed by atoms with Gasteiger partial charge in [-0.25, -0.2) is 0 Å². The molecular weight excluding hydrogens is 314 g/mol. The van der Waals surface area contributed by atoms with Crippen LogP contribution in [0.25, 0.3) is 0 Å². The van der Waals surface area contributed by atoms with Gasteiger partial charge in [0.1, 0.15) is 11.5 Å². The molecule has 1 atom stereocenters. The number of amides is 1. The zero-order valence-electron chi connectivity index (χ0n) is 15.4. The molecule has 2 rings (SSSR count). The van der Waals surface area contributed by atoms with Gasteiger partial charge in [-0.15, -0.1) is 0 Å². The van der Waals surface area contributed by atoms with Crippen molar-refractivity contribution in [3.05, 3.63) is 54.1 Å². The van der Waals surface area contributed by atoms with Gasteiger partial charge in [0.2, 0.25) is 0 Å². The van der Waals surface area contributed by atoms with Gasteiger partial charge >= 0.3 is 0 Å². The molecule has 1 unspecified atom stereocenters. The van der Waals surface area contributed by atoms with E-state index in [-0.39, 0.29) is 12.0 Å². The molecule has 2 aromatic carbocycles. The lowest BCUT2D eigenvalue weighted by Gasteiger charge is -2.13. The molecule has 0 radical (unpaired) electrons. The van der Waals surface area contributed by atoms with Gasteiger partial charge in [-0.05, 0) is 55.7 Å². The van der Waals surface area contributed by atoms with Crippen LogP contribution in [-0.2, 0) is 0 Å². The summed E-state index contributed by atoms with van der Waals surface area (Å²) in [5.74, 6) is 1.82. The van der Waals surface area contributed by atoms with Crippen LogP contribution in [-0.4, -0.2) is 18.6 Å². The molecule has 25 heavy (non-hydrogen) atoms. The summed E-state index contributed by atoms with van der Waals surface area (Å²) >= 11 is 0. The molecule has 2 aromatic rings. The lowest BCUT2D eigenvalue weighted by Crippen LogP contribution is -2.13. The highest BCUT2D eigenvalue weighted by molar-refractivity contribution is 6.04. The monoisotopic (exact) mass is 341 g/mol. The van der Waals surface area contributed by atoms with E-state index in [1.54, 1.807) is 12.1 Å². The topological polar surface area (TPSA) is 47.6 Å². The van der Waals surface area contributed by atoms with Gasteiger partial charge in [-0.2, -0.15) is 0 Å². The first-order valence-electron chi connectivity index (χ1n) is 8.79. The Morgan fingerprint density at radius 3 is 2.40 bits per heavy atom. The zero-order valence-corrected chi connectivity index (χ0v) is 15.4. The highest BCUT2D eigenvalue weighted by Gasteiger charge is 2.08. The smallest absolute Gasteiger partial charge is 0.255 e. The Bertz CT molecular complexity index is 680. The van der Waals surface area contributed by atoms with Crippen molar-refractivity contribution in [2.75, 3.05) is 11.9 Å². The maximum atomic E-state index is 12.4. The minimum Gasteiger partial charge on any atom is -0.493 e. The molecule has 0 aliphatic rings. The van der Waals surface area contributed by atoms with E-state index in [4.69, 9.17) is 9.47 Å². The van der Waals surface area contributed by atoms with Crippen molar-refractivity contribution in [2.24, 2.45) is 5.92 Å². The van der Waals surface area contributed by atoms with E-state index in [0.29, 0.717) is 23.8 Å². The van der Waals surface area contributed by atoms with E-state index in [9.17, 15) is 4.79 Å². The van der Waals surface area contributed by atoms with E-state index in [1.165, 1.54) is 0 Å². The maximum absolute atomic E-state index is 12.4. The minimum absolute atomic E-state index is 0.156. The van der Waals surface area contributed by atoms with Gasteiger partial charge in [0, 0.05) is 17.3 Å². The van der Waals surface area contributed by atoms with Crippen molar-refractivity contribution in [3.8, 4) is 11.5 Å². The summed E-state index contributed by atoms with van der Waals surface area (Å²) in [7, 11) is 0. The van der Waals surface area contributed by atoms with Gasteiger partial charge in [0.15, 0.2) is 0 Å². The summed E-state index contributed by atoms with van der Waals surface area (Å²) in [6, 6.07) is 14.6. The number of anilines is 1. The molecular formula is C21H27NO3. The number of hydrogen-bond donors (Lipinski definition) is 1.